The van der Waals surface area contributed by atoms with Crippen molar-refractivity contribution in [1.82, 2.24) is 20.1 Å². The highest BCUT2D eigenvalue weighted by atomic mass is 35.5. The van der Waals surface area contributed by atoms with Gasteiger partial charge in [-0.15, -0.1) is 0 Å². The molecular formula is C30H27ClFN5O5. The average molecular weight is 592 g/mol. The monoisotopic (exact) mass is 591 g/mol. The molecule has 2 N–H and O–H groups in total. The molecule has 3 heterocycles. The molecule has 0 unspecified atom stereocenters. The molecule has 2 bridgehead atoms. The predicted octanol–water partition coefficient (Wildman–Crippen LogP) is 4.58. The smallest absolute Gasteiger partial charge is 0.309 e. The fraction of sp³-hybridized carbons (Fsp3) is 0.233. The number of halogens is 2. The minimum atomic E-state index is -0.642. The third kappa shape index (κ3) is 6.17. The molecule has 0 saturated heterocycles. The van der Waals surface area contributed by atoms with Crippen LogP contribution < -0.4 is 10.6 Å². The lowest BCUT2D eigenvalue weighted by atomic mass is 9.98. The molecule has 0 aliphatic carbocycles. The van der Waals surface area contributed by atoms with Crippen LogP contribution in [0.3, 0.4) is 0 Å². The Labute approximate surface area is 245 Å². The molecular weight excluding hydrogens is 565 g/mol. The normalized spacial score (nSPS) is 15.0. The number of pyridine rings is 1. The summed E-state index contributed by atoms with van der Waals surface area (Å²) in [5.41, 5.74) is 3.99. The lowest BCUT2D eigenvalue weighted by Crippen LogP contribution is -2.31. The van der Waals surface area contributed by atoms with Crippen LogP contribution in [-0.4, -0.2) is 52.9 Å². The number of aromatic nitrogens is 3. The summed E-state index contributed by atoms with van der Waals surface area (Å²) >= 11 is 5.94. The lowest BCUT2D eigenvalue weighted by molar-refractivity contribution is -0.139. The summed E-state index contributed by atoms with van der Waals surface area (Å²) in [7, 11) is 1.31. The fourth-order valence-electron chi connectivity index (χ4n) is 4.72. The van der Waals surface area contributed by atoms with Crippen LogP contribution in [0.1, 0.15) is 39.8 Å². The van der Waals surface area contributed by atoms with E-state index in [1.165, 1.54) is 30.1 Å². The highest BCUT2D eigenvalue weighted by Crippen LogP contribution is 2.32. The first-order valence-corrected chi connectivity index (χ1v) is 13.5. The van der Waals surface area contributed by atoms with Crippen LogP contribution in [0.2, 0.25) is 5.02 Å². The highest BCUT2D eigenvalue weighted by Gasteiger charge is 2.23. The van der Waals surface area contributed by atoms with Crippen LogP contribution in [0, 0.1) is 12.7 Å². The number of methoxy groups -OCH3 is 1. The molecule has 0 saturated carbocycles. The second kappa shape index (κ2) is 12.5. The van der Waals surface area contributed by atoms with E-state index in [0.717, 1.165) is 5.56 Å². The number of carbonyl (C=O) groups is 3. The van der Waals surface area contributed by atoms with Gasteiger partial charge >= 0.3 is 5.97 Å². The Morgan fingerprint density at radius 3 is 2.88 bits per heavy atom. The second-order valence-corrected chi connectivity index (χ2v) is 10.1. The molecule has 2 amide bonds. The Kier molecular flexibility index (Phi) is 8.60. The molecule has 0 radical (unpaired) electrons. The van der Waals surface area contributed by atoms with E-state index in [1.807, 2.05) is 6.07 Å². The molecule has 4 aromatic rings. The zero-order valence-corrected chi connectivity index (χ0v) is 23.6. The zero-order valence-electron chi connectivity index (χ0n) is 22.8. The van der Waals surface area contributed by atoms with Crippen molar-refractivity contribution in [3.63, 3.8) is 0 Å². The maximum Gasteiger partial charge on any atom is 0.309 e. The summed E-state index contributed by atoms with van der Waals surface area (Å²) < 4.78 is 26.3. The number of hydrogen-bond acceptors (Lipinski definition) is 7. The quantitative estimate of drug-likeness (QED) is 0.326. The van der Waals surface area contributed by atoms with Crippen molar-refractivity contribution < 1.29 is 28.2 Å². The van der Waals surface area contributed by atoms with E-state index < -0.39 is 23.7 Å². The number of fused-ring (bicyclic) bond motifs is 4. The highest BCUT2D eigenvalue weighted by molar-refractivity contribution is 6.30. The lowest BCUT2D eigenvalue weighted by Gasteiger charge is -2.21. The minimum Gasteiger partial charge on any atom is -0.469 e. The number of rotatable bonds is 5. The van der Waals surface area contributed by atoms with Gasteiger partial charge in [-0.05, 0) is 54.8 Å². The van der Waals surface area contributed by atoms with Crippen LogP contribution in [0.15, 0.2) is 60.9 Å². The minimum absolute atomic E-state index is 0.0474. The Bertz CT molecular complexity index is 1670. The summed E-state index contributed by atoms with van der Waals surface area (Å²) in [6, 6.07) is 12.9. The maximum atomic E-state index is 14.7. The number of amides is 2. The maximum absolute atomic E-state index is 14.7. The van der Waals surface area contributed by atoms with Crippen LogP contribution in [0.5, 0.6) is 0 Å². The summed E-state index contributed by atoms with van der Waals surface area (Å²) in [6.45, 7) is 1.61. The zero-order chi connectivity index (χ0) is 29.8. The van der Waals surface area contributed by atoms with E-state index in [9.17, 15) is 18.8 Å². The number of nitrogens with one attached hydrogen (secondary N) is 2. The molecule has 42 heavy (non-hydrogen) atoms. The molecule has 10 nitrogen and oxygen atoms in total. The first-order valence-electron chi connectivity index (χ1n) is 13.1. The number of nitrogens with zero attached hydrogens (tertiary/aromatic N) is 3. The summed E-state index contributed by atoms with van der Waals surface area (Å²) in [4.78, 5) is 42.4. The standard InChI is InChI=1S/C30H27ClFN5O5/c1-17-21(15-34-37(17)26-5-3-4-22(31)29(26)32)30(40)36-23-9-11-42-16-27(38)35-24-12-18(13-28(39)41-2)6-7-20(24)19-8-10-33-25(23)14-19/h3-8,10,12,14-15,23H,9,11,13,16H2,1-2H3,(H,35,38)(H,36,40)/t23-/m0/s1. The molecule has 0 spiro atoms. The van der Waals surface area contributed by atoms with Crippen molar-refractivity contribution in [2.45, 2.75) is 25.8 Å². The first-order chi connectivity index (χ1) is 20.2. The SMILES string of the molecule is COC(=O)Cc1ccc2c(c1)NC(=O)COCC[C@H](NC(=O)c1cnn(-c3cccc(Cl)c3F)c1C)c1cc-2ccn1. The summed E-state index contributed by atoms with van der Waals surface area (Å²) in [5.74, 6) is -1.84. The Morgan fingerprint density at radius 2 is 2.07 bits per heavy atom. The average Bonchev–Trinajstić information content (AvgIpc) is 3.36. The van der Waals surface area contributed by atoms with Gasteiger partial charge in [0.1, 0.15) is 12.3 Å². The third-order valence-electron chi connectivity index (χ3n) is 6.89. The predicted molar refractivity (Wildman–Crippen MR) is 153 cm³/mol. The third-order valence-corrected chi connectivity index (χ3v) is 7.18. The number of benzene rings is 2. The Morgan fingerprint density at radius 1 is 1.24 bits per heavy atom. The van der Waals surface area contributed by atoms with Gasteiger partial charge in [0.2, 0.25) is 5.91 Å². The van der Waals surface area contributed by atoms with E-state index in [4.69, 9.17) is 21.1 Å². The van der Waals surface area contributed by atoms with Gasteiger partial charge in [0.25, 0.3) is 5.91 Å². The second-order valence-electron chi connectivity index (χ2n) is 9.65. The molecule has 0 fully saturated rings. The van der Waals surface area contributed by atoms with Gasteiger partial charge in [0, 0.05) is 24.1 Å². The van der Waals surface area contributed by atoms with Crippen molar-refractivity contribution in [2.75, 3.05) is 25.6 Å². The van der Waals surface area contributed by atoms with Gasteiger partial charge in [0.15, 0.2) is 5.82 Å². The largest absolute Gasteiger partial charge is 0.469 e. The molecule has 5 rings (SSSR count). The number of ether oxygens (including phenoxy) is 2. The number of carbonyl (C=O) groups excluding carboxylic acids is 3. The fourth-order valence-corrected chi connectivity index (χ4v) is 4.89. The Hall–Kier alpha value is -4.61. The van der Waals surface area contributed by atoms with Crippen LogP contribution in [0.4, 0.5) is 10.1 Å². The van der Waals surface area contributed by atoms with E-state index in [1.54, 1.807) is 43.5 Å². The number of anilines is 1. The van der Waals surface area contributed by atoms with Gasteiger partial charge in [-0.25, -0.2) is 9.07 Å². The van der Waals surface area contributed by atoms with Gasteiger partial charge in [-0.1, -0.05) is 29.8 Å². The van der Waals surface area contributed by atoms with E-state index >= 15 is 0 Å². The van der Waals surface area contributed by atoms with Gasteiger partial charge in [-0.3, -0.25) is 19.4 Å². The molecule has 216 valence electrons. The van der Waals surface area contributed by atoms with Crippen molar-refractivity contribution >= 4 is 35.1 Å². The van der Waals surface area contributed by atoms with Crippen LogP contribution in [-0.2, 0) is 25.5 Å². The van der Waals surface area contributed by atoms with Crippen LogP contribution >= 0.6 is 11.6 Å². The van der Waals surface area contributed by atoms with Gasteiger partial charge in [-0.2, -0.15) is 5.10 Å². The van der Waals surface area contributed by atoms with Crippen LogP contribution in [0.25, 0.3) is 16.8 Å². The van der Waals surface area contributed by atoms with E-state index in [0.29, 0.717) is 34.6 Å². The van der Waals surface area contributed by atoms with Crippen molar-refractivity contribution in [1.29, 1.82) is 0 Å². The van der Waals surface area contributed by atoms with Gasteiger partial charge in [0.05, 0.1) is 47.7 Å². The summed E-state index contributed by atoms with van der Waals surface area (Å²) in [6.07, 6.45) is 3.37. The van der Waals surface area contributed by atoms with E-state index in [2.05, 4.69) is 20.7 Å². The number of hydrogen-bond donors (Lipinski definition) is 2. The molecule has 2 aromatic carbocycles. The molecule has 1 atom stereocenters. The first kappa shape index (κ1) is 28.9. The van der Waals surface area contributed by atoms with E-state index in [-0.39, 0.29) is 41.8 Å². The van der Waals surface area contributed by atoms with Crippen molar-refractivity contribution in [3.8, 4) is 16.8 Å². The number of esters is 1. The van der Waals surface area contributed by atoms with Gasteiger partial charge < -0.3 is 20.1 Å². The molecule has 12 heteroatoms. The molecule has 1 aliphatic heterocycles. The van der Waals surface area contributed by atoms with Crippen molar-refractivity contribution in [3.05, 3.63) is 94.3 Å². The molecule has 2 aromatic heterocycles. The molecule has 1 aliphatic rings. The summed E-state index contributed by atoms with van der Waals surface area (Å²) in [5, 5.41) is 10.0. The Balaban J connectivity index is 1.46. The topological polar surface area (TPSA) is 124 Å². The van der Waals surface area contributed by atoms with Crippen molar-refractivity contribution in [2.24, 2.45) is 0 Å².